The molecule has 2 amide bonds. The van der Waals surface area contributed by atoms with Gasteiger partial charge in [0.1, 0.15) is 18.3 Å². The highest BCUT2D eigenvalue weighted by Gasteiger charge is 2.32. The van der Waals surface area contributed by atoms with Gasteiger partial charge >= 0.3 is 0 Å². The second-order valence-electron chi connectivity index (χ2n) is 8.99. The molecular weight excluding hydrogens is 629 g/mol. The number of amides is 2. The van der Waals surface area contributed by atoms with Gasteiger partial charge in [-0.25, -0.2) is 8.42 Å². The summed E-state index contributed by atoms with van der Waals surface area (Å²) in [5.41, 5.74) is 1.14. The van der Waals surface area contributed by atoms with Crippen LogP contribution in [0, 0.1) is 3.57 Å². The molecule has 8 nitrogen and oxygen atoms in total. The lowest BCUT2D eigenvalue weighted by atomic mass is 10.1. The maximum Gasteiger partial charge on any atom is 0.264 e. The zero-order valence-electron chi connectivity index (χ0n) is 22.3. The monoisotopic (exact) mass is 663 g/mol. The number of unbranched alkanes of at least 4 members (excludes halogenated alkanes) is 1. The van der Waals surface area contributed by atoms with Gasteiger partial charge < -0.3 is 15.0 Å². The van der Waals surface area contributed by atoms with Crippen molar-refractivity contribution in [1.29, 1.82) is 0 Å². The first kappa shape index (κ1) is 30.4. The minimum Gasteiger partial charge on any atom is -0.497 e. The quantitative estimate of drug-likeness (QED) is 0.209. The zero-order chi connectivity index (χ0) is 28.4. The lowest BCUT2D eigenvalue weighted by Gasteiger charge is -2.32. The molecule has 0 aromatic heterocycles. The van der Waals surface area contributed by atoms with Gasteiger partial charge in [-0.05, 0) is 90.0 Å². The molecule has 0 saturated carbocycles. The number of carbonyl (C=O) groups is 2. The van der Waals surface area contributed by atoms with Gasteiger partial charge in [-0.2, -0.15) is 0 Å². The highest BCUT2D eigenvalue weighted by molar-refractivity contribution is 14.1. The maximum absolute atomic E-state index is 13.9. The number of hydrogen-bond acceptors (Lipinski definition) is 5. The van der Waals surface area contributed by atoms with E-state index in [2.05, 4.69) is 27.9 Å². The Labute approximate surface area is 244 Å². The van der Waals surface area contributed by atoms with Crippen LogP contribution in [0.15, 0.2) is 83.8 Å². The lowest BCUT2D eigenvalue weighted by molar-refractivity contribution is -0.139. The first-order chi connectivity index (χ1) is 18.7. The Morgan fingerprint density at radius 1 is 0.974 bits per heavy atom. The molecule has 0 saturated heterocycles. The van der Waals surface area contributed by atoms with Crippen molar-refractivity contribution < 1.29 is 22.7 Å². The number of hydrogen-bond donors (Lipinski definition) is 1. The van der Waals surface area contributed by atoms with Crippen molar-refractivity contribution in [2.45, 2.75) is 44.2 Å². The molecular formula is C29H34IN3O5S. The summed E-state index contributed by atoms with van der Waals surface area (Å²) in [6, 6.07) is 21.3. The number of sulfonamides is 1. The van der Waals surface area contributed by atoms with Crippen molar-refractivity contribution in [2.75, 3.05) is 24.5 Å². The maximum atomic E-state index is 13.9. The minimum atomic E-state index is -4.07. The number of ether oxygens (including phenoxy) is 1. The standard InChI is InChI=1S/C29H34IN3O5S/c1-4-5-19-31-29(35)22(2)32(20-23-11-17-26(38-3)18-12-23)28(34)21-33(25-15-13-24(30)14-16-25)39(36,37)27-9-7-6-8-10-27/h6-18,22H,4-5,19-21H2,1-3H3,(H,31,35)/t22-/m0/s1. The van der Waals surface area contributed by atoms with Crippen LogP contribution >= 0.6 is 22.6 Å². The Morgan fingerprint density at radius 3 is 2.21 bits per heavy atom. The third kappa shape index (κ3) is 8.18. The van der Waals surface area contributed by atoms with Crippen molar-refractivity contribution in [3.05, 3.63) is 88.0 Å². The molecule has 0 spiro atoms. The van der Waals surface area contributed by atoms with Crippen LogP contribution in [0.3, 0.4) is 0 Å². The smallest absolute Gasteiger partial charge is 0.264 e. The molecule has 0 aliphatic rings. The lowest BCUT2D eigenvalue weighted by Crippen LogP contribution is -2.51. The number of carbonyl (C=O) groups excluding carboxylic acids is 2. The molecule has 39 heavy (non-hydrogen) atoms. The molecule has 0 aliphatic heterocycles. The number of benzene rings is 3. The molecule has 0 unspecified atom stereocenters. The molecule has 0 fully saturated rings. The van der Waals surface area contributed by atoms with Crippen molar-refractivity contribution in [3.8, 4) is 5.75 Å². The first-order valence-corrected chi connectivity index (χ1v) is 15.2. The van der Waals surface area contributed by atoms with E-state index in [9.17, 15) is 18.0 Å². The summed E-state index contributed by atoms with van der Waals surface area (Å²) >= 11 is 2.14. The SMILES string of the molecule is CCCCNC(=O)[C@H](C)N(Cc1ccc(OC)cc1)C(=O)CN(c1ccc(I)cc1)S(=O)(=O)c1ccccc1. The summed E-state index contributed by atoms with van der Waals surface area (Å²) in [4.78, 5) is 28.4. The minimum absolute atomic E-state index is 0.0726. The van der Waals surface area contributed by atoms with Gasteiger partial charge in [-0.1, -0.05) is 43.7 Å². The third-order valence-electron chi connectivity index (χ3n) is 6.23. The van der Waals surface area contributed by atoms with E-state index in [1.165, 1.54) is 17.0 Å². The van der Waals surface area contributed by atoms with Gasteiger partial charge in [0.05, 0.1) is 17.7 Å². The van der Waals surface area contributed by atoms with Crippen molar-refractivity contribution in [3.63, 3.8) is 0 Å². The summed E-state index contributed by atoms with van der Waals surface area (Å²) in [6.45, 7) is 3.84. The highest BCUT2D eigenvalue weighted by atomic mass is 127. The van der Waals surface area contributed by atoms with Crippen LogP contribution in [-0.2, 0) is 26.2 Å². The second kappa shape index (κ2) is 14.3. The van der Waals surface area contributed by atoms with E-state index in [4.69, 9.17) is 4.74 Å². The van der Waals surface area contributed by atoms with Crippen LogP contribution < -0.4 is 14.4 Å². The Bertz CT molecular complexity index is 1330. The predicted molar refractivity (Wildman–Crippen MR) is 161 cm³/mol. The van der Waals surface area contributed by atoms with Crippen LogP contribution in [-0.4, -0.2) is 51.4 Å². The fourth-order valence-electron chi connectivity index (χ4n) is 3.90. The molecule has 0 radical (unpaired) electrons. The largest absolute Gasteiger partial charge is 0.497 e. The van der Waals surface area contributed by atoms with E-state index >= 15 is 0 Å². The van der Waals surface area contributed by atoms with E-state index in [1.807, 2.05) is 19.1 Å². The van der Waals surface area contributed by atoms with Gasteiger partial charge in [-0.3, -0.25) is 13.9 Å². The van der Waals surface area contributed by atoms with Crippen LogP contribution in [0.25, 0.3) is 0 Å². The molecule has 3 aromatic rings. The van der Waals surface area contributed by atoms with Crippen LogP contribution in [0.4, 0.5) is 5.69 Å². The summed E-state index contributed by atoms with van der Waals surface area (Å²) in [6.07, 6.45) is 1.74. The van der Waals surface area contributed by atoms with E-state index < -0.39 is 28.5 Å². The topological polar surface area (TPSA) is 96.0 Å². The van der Waals surface area contributed by atoms with Crippen LogP contribution in [0.5, 0.6) is 5.75 Å². The van der Waals surface area contributed by atoms with E-state index in [0.29, 0.717) is 18.0 Å². The number of rotatable bonds is 13. The number of nitrogens with zero attached hydrogens (tertiary/aromatic N) is 2. The van der Waals surface area contributed by atoms with Gasteiger partial charge in [-0.15, -0.1) is 0 Å². The number of nitrogens with one attached hydrogen (secondary N) is 1. The average Bonchev–Trinajstić information content (AvgIpc) is 2.95. The van der Waals surface area contributed by atoms with Crippen molar-refractivity contribution >= 4 is 50.1 Å². The van der Waals surface area contributed by atoms with Gasteiger partial charge in [0.25, 0.3) is 10.0 Å². The molecule has 10 heteroatoms. The first-order valence-electron chi connectivity index (χ1n) is 12.7. The Hall–Kier alpha value is -3.12. The normalized spacial score (nSPS) is 11.9. The van der Waals surface area contributed by atoms with Gasteiger partial charge in [0, 0.05) is 16.7 Å². The molecule has 0 bridgehead atoms. The predicted octanol–water partition coefficient (Wildman–Crippen LogP) is 4.83. The molecule has 208 valence electrons. The molecule has 3 rings (SSSR count). The van der Waals surface area contributed by atoms with E-state index in [0.717, 1.165) is 26.3 Å². The van der Waals surface area contributed by atoms with E-state index in [1.54, 1.807) is 68.6 Å². The Kier molecular flexibility index (Phi) is 11.2. The molecule has 3 aromatic carbocycles. The number of anilines is 1. The molecule has 1 N–H and O–H groups in total. The van der Waals surface area contributed by atoms with Crippen LogP contribution in [0.2, 0.25) is 0 Å². The third-order valence-corrected chi connectivity index (χ3v) is 8.74. The van der Waals surface area contributed by atoms with E-state index in [-0.39, 0.29) is 17.3 Å². The highest BCUT2D eigenvalue weighted by Crippen LogP contribution is 2.25. The fraction of sp³-hybridized carbons (Fsp3) is 0.310. The summed E-state index contributed by atoms with van der Waals surface area (Å²) in [5.74, 6) is -0.125. The van der Waals surface area contributed by atoms with Crippen molar-refractivity contribution in [2.24, 2.45) is 0 Å². The molecule has 0 aliphatic carbocycles. The summed E-state index contributed by atoms with van der Waals surface area (Å²) < 4.78 is 34.7. The average molecular weight is 664 g/mol. The number of methoxy groups -OCH3 is 1. The van der Waals surface area contributed by atoms with Gasteiger partial charge in [0.2, 0.25) is 11.8 Å². The summed E-state index contributed by atoms with van der Waals surface area (Å²) in [5, 5.41) is 2.88. The second-order valence-corrected chi connectivity index (χ2v) is 12.1. The number of halogens is 1. The Balaban J connectivity index is 1.97. The molecule has 0 heterocycles. The zero-order valence-corrected chi connectivity index (χ0v) is 25.3. The van der Waals surface area contributed by atoms with Crippen molar-refractivity contribution in [1.82, 2.24) is 10.2 Å². The van der Waals surface area contributed by atoms with Gasteiger partial charge in [0.15, 0.2) is 0 Å². The fourth-order valence-corrected chi connectivity index (χ4v) is 5.70. The van der Waals surface area contributed by atoms with Crippen LogP contribution in [0.1, 0.15) is 32.3 Å². The molecule has 1 atom stereocenters. The summed E-state index contributed by atoms with van der Waals surface area (Å²) in [7, 11) is -2.51. The Morgan fingerprint density at radius 2 is 1.62 bits per heavy atom.